The van der Waals surface area contributed by atoms with Crippen molar-refractivity contribution >= 4 is 18.3 Å². The standard InChI is InChI=1S/C12H11NO4/c1-8(17-7-14)6-13-11(15)9-4-2-3-5-10(9)12(13)16/h2-5,7-8H,6H2,1H3. The molecule has 0 fully saturated rings. The van der Waals surface area contributed by atoms with Crippen molar-refractivity contribution in [2.24, 2.45) is 0 Å². The maximum atomic E-state index is 11.9. The van der Waals surface area contributed by atoms with Gasteiger partial charge in [-0.25, -0.2) is 0 Å². The van der Waals surface area contributed by atoms with E-state index in [0.717, 1.165) is 4.90 Å². The van der Waals surface area contributed by atoms with Gasteiger partial charge in [0.2, 0.25) is 0 Å². The van der Waals surface area contributed by atoms with E-state index in [2.05, 4.69) is 4.74 Å². The number of fused-ring (bicyclic) bond motifs is 1. The molecule has 0 N–H and O–H groups in total. The first-order valence-electron chi connectivity index (χ1n) is 5.19. The largest absolute Gasteiger partial charge is 0.463 e. The van der Waals surface area contributed by atoms with Gasteiger partial charge in [-0.05, 0) is 19.1 Å². The molecule has 0 aliphatic carbocycles. The summed E-state index contributed by atoms with van der Waals surface area (Å²) in [5.41, 5.74) is 0.798. The maximum absolute atomic E-state index is 11.9. The van der Waals surface area contributed by atoms with Crippen LogP contribution in [0.1, 0.15) is 27.6 Å². The first kappa shape index (κ1) is 11.3. The Balaban J connectivity index is 2.21. The fraction of sp³-hybridized carbons (Fsp3) is 0.250. The normalized spacial score (nSPS) is 15.7. The molecule has 2 rings (SSSR count). The van der Waals surface area contributed by atoms with Gasteiger partial charge in [-0.2, -0.15) is 0 Å². The molecule has 2 amide bonds. The van der Waals surface area contributed by atoms with Crippen molar-refractivity contribution < 1.29 is 19.1 Å². The molecule has 0 aromatic heterocycles. The van der Waals surface area contributed by atoms with Crippen molar-refractivity contribution in [3.05, 3.63) is 35.4 Å². The molecule has 1 aliphatic rings. The van der Waals surface area contributed by atoms with Gasteiger partial charge in [-0.1, -0.05) is 12.1 Å². The first-order chi connectivity index (χ1) is 8.15. The molecule has 17 heavy (non-hydrogen) atoms. The molecule has 1 aromatic carbocycles. The summed E-state index contributed by atoms with van der Waals surface area (Å²) >= 11 is 0. The minimum Gasteiger partial charge on any atom is -0.463 e. The lowest BCUT2D eigenvalue weighted by Crippen LogP contribution is -2.36. The highest BCUT2D eigenvalue weighted by atomic mass is 16.5. The molecule has 1 atom stereocenters. The SMILES string of the molecule is CC(CN1C(=O)c2ccccc2C1=O)OC=O. The summed E-state index contributed by atoms with van der Waals surface area (Å²) in [7, 11) is 0. The molecule has 88 valence electrons. The minimum absolute atomic E-state index is 0.0745. The number of imide groups is 1. The highest BCUT2D eigenvalue weighted by molar-refractivity contribution is 6.21. The van der Waals surface area contributed by atoms with Gasteiger partial charge in [0, 0.05) is 0 Å². The zero-order chi connectivity index (χ0) is 12.4. The van der Waals surface area contributed by atoms with Crippen LogP contribution in [0.15, 0.2) is 24.3 Å². The van der Waals surface area contributed by atoms with Crippen LogP contribution >= 0.6 is 0 Å². The Kier molecular flexibility index (Phi) is 2.91. The van der Waals surface area contributed by atoms with E-state index in [9.17, 15) is 14.4 Å². The van der Waals surface area contributed by atoms with Crippen molar-refractivity contribution in [2.75, 3.05) is 6.54 Å². The van der Waals surface area contributed by atoms with E-state index in [4.69, 9.17) is 0 Å². The Morgan fingerprint density at radius 3 is 2.24 bits per heavy atom. The molecule has 0 spiro atoms. The average Bonchev–Trinajstić information content (AvgIpc) is 2.56. The summed E-state index contributed by atoms with van der Waals surface area (Å²) in [6.45, 7) is 2.01. The second-order valence-corrected chi connectivity index (χ2v) is 3.81. The molecule has 1 aliphatic heterocycles. The fourth-order valence-corrected chi connectivity index (χ4v) is 1.80. The zero-order valence-electron chi connectivity index (χ0n) is 9.25. The summed E-state index contributed by atoms with van der Waals surface area (Å²) < 4.78 is 4.67. The van der Waals surface area contributed by atoms with Gasteiger partial charge < -0.3 is 4.74 Å². The summed E-state index contributed by atoms with van der Waals surface area (Å²) in [6.07, 6.45) is -0.505. The Morgan fingerprint density at radius 2 is 1.76 bits per heavy atom. The lowest BCUT2D eigenvalue weighted by Gasteiger charge is -2.17. The predicted molar refractivity (Wildman–Crippen MR) is 58.4 cm³/mol. The molecule has 0 saturated heterocycles. The van der Waals surface area contributed by atoms with E-state index < -0.39 is 6.10 Å². The summed E-state index contributed by atoms with van der Waals surface area (Å²) in [6, 6.07) is 6.64. The second-order valence-electron chi connectivity index (χ2n) is 3.81. The molecular formula is C12H11NO4. The Bertz CT molecular complexity index is 448. The van der Waals surface area contributed by atoms with E-state index in [1.807, 2.05) is 0 Å². The monoisotopic (exact) mass is 233 g/mol. The molecule has 0 radical (unpaired) electrons. The van der Waals surface area contributed by atoms with Crippen LogP contribution in [-0.4, -0.2) is 35.8 Å². The molecule has 5 heteroatoms. The first-order valence-corrected chi connectivity index (χ1v) is 5.19. The van der Waals surface area contributed by atoms with Crippen LogP contribution in [0.4, 0.5) is 0 Å². The number of rotatable bonds is 4. The number of carbonyl (C=O) groups is 3. The van der Waals surface area contributed by atoms with Crippen molar-refractivity contribution in [1.29, 1.82) is 0 Å². The highest BCUT2D eigenvalue weighted by Gasteiger charge is 2.35. The molecule has 0 bridgehead atoms. The summed E-state index contributed by atoms with van der Waals surface area (Å²) in [5.74, 6) is -0.682. The lowest BCUT2D eigenvalue weighted by atomic mass is 10.1. The molecule has 0 saturated carbocycles. The van der Waals surface area contributed by atoms with Crippen molar-refractivity contribution in [2.45, 2.75) is 13.0 Å². The van der Waals surface area contributed by atoms with Crippen LogP contribution in [0.2, 0.25) is 0 Å². The number of amides is 2. The van der Waals surface area contributed by atoms with Gasteiger partial charge in [0.15, 0.2) is 0 Å². The highest BCUT2D eigenvalue weighted by Crippen LogP contribution is 2.22. The van der Waals surface area contributed by atoms with Crippen LogP contribution in [0.3, 0.4) is 0 Å². The van der Waals surface area contributed by atoms with Crippen LogP contribution in [0.25, 0.3) is 0 Å². The Labute approximate surface area is 98.0 Å². The Hall–Kier alpha value is -2.17. The van der Waals surface area contributed by atoms with Crippen molar-refractivity contribution in [3.8, 4) is 0 Å². The van der Waals surface area contributed by atoms with Gasteiger partial charge in [0.25, 0.3) is 18.3 Å². The van der Waals surface area contributed by atoms with Gasteiger partial charge >= 0.3 is 0 Å². The molecule has 1 heterocycles. The minimum atomic E-state index is -0.505. The topological polar surface area (TPSA) is 63.7 Å². The number of ether oxygens (including phenoxy) is 1. The van der Waals surface area contributed by atoms with E-state index in [-0.39, 0.29) is 18.4 Å². The number of hydrogen-bond acceptors (Lipinski definition) is 4. The Morgan fingerprint density at radius 1 is 1.24 bits per heavy atom. The molecule has 5 nitrogen and oxygen atoms in total. The smallest absolute Gasteiger partial charge is 0.293 e. The number of benzene rings is 1. The van der Waals surface area contributed by atoms with Crippen LogP contribution in [-0.2, 0) is 9.53 Å². The predicted octanol–water partition coefficient (Wildman–Crippen LogP) is 0.844. The van der Waals surface area contributed by atoms with Gasteiger partial charge in [0.05, 0.1) is 17.7 Å². The van der Waals surface area contributed by atoms with Crippen LogP contribution in [0, 0.1) is 0 Å². The molecule has 1 unspecified atom stereocenters. The third-order valence-electron chi connectivity index (χ3n) is 2.61. The fourth-order valence-electron chi connectivity index (χ4n) is 1.80. The quantitative estimate of drug-likeness (QED) is 0.571. The third-order valence-corrected chi connectivity index (χ3v) is 2.61. The van der Waals surface area contributed by atoms with Crippen LogP contribution < -0.4 is 0 Å². The number of carbonyl (C=O) groups excluding carboxylic acids is 3. The molecule has 1 aromatic rings. The van der Waals surface area contributed by atoms with Gasteiger partial charge in [-0.3, -0.25) is 19.3 Å². The average molecular weight is 233 g/mol. The number of hydrogen-bond donors (Lipinski definition) is 0. The second kappa shape index (κ2) is 4.37. The number of nitrogens with zero attached hydrogens (tertiary/aromatic N) is 1. The zero-order valence-corrected chi connectivity index (χ0v) is 9.25. The van der Waals surface area contributed by atoms with Crippen LogP contribution in [0.5, 0.6) is 0 Å². The summed E-state index contributed by atoms with van der Waals surface area (Å²) in [4.78, 5) is 35.1. The van der Waals surface area contributed by atoms with Gasteiger partial charge in [0.1, 0.15) is 6.10 Å². The van der Waals surface area contributed by atoms with Crippen molar-refractivity contribution in [3.63, 3.8) is 0 Å². The van der Waals surface area contributed by atoms with E-state index in [0.29, 0.717) is 17.6 Å². The molecular weight excluding hydrogens is 222 g/mol. The van der Waals surface area contributed by atoms with E-state index >= 15 is 0 Å². The summed E-state index contributed by atoms with van der Waals surface area (Å²) in [5, 5.41) is 0. The van der Waals surface area contributed by atoms with Crippen molar-refractivity contribution in [1.82, 2.24) is 4.90 Å². The van der Waals surface area contributed by atoms with Gasteiger partial charge in [-0.15, -0.1) is 0 Å². The maximum Gasteiger partial charge on any atom is 0.293 e. The third kappa shape index (κ3) is 1.91. The lowest BCUT2D eigenvalue weighted by molar-refractivity contribution is -0.133. The van der Waals surface area contributed by atoms with E-state index in [1.165, 1.54) is 0 Å². The van der Waals surface area contributed by atoms with E-state index in [1.54, 1.807) is 31.2 Å².